The number of hydrogen-bond donors (Lipinski definition) is 0. The van der Waals surface area contributed by atoms with Crippen LogP contribution in [-0.4, -0.2) is 52.8 Å². The van der Waals surface area contributed by atoms with Gasteiger partial charge in [0.25, 0.3) is 11.8 Å². The number of aromatic nitrogens is 1. The minimum absolute atomic E-state index is 0.107. The fourth-order valence-corrected chi connectivity index (χ4v) is 5.02. The van der Waals surface area contributed by atoms with Gasteiger partial charge in [-0.3, -0.25) is 9.59 Å². The van der Waals surface area contributed by atoms with E-state index in [9.17, 15) is 9.59 Å². The lowest BCUT2D eigenvalue weighted by Crippen LogP contribution is -2.38. The van der Waals surface area contributed by atoms with Crippen molar-refractivity contribution in [3.63, 3.8) is 0 Å². The molecule has 0 aliphatic carbocycles. The number of carbonyl (C=O) groups excluding carboxylic acids is 2. The predicted molar refractivity (Wildman–Crippen MR) is 121 cm³/mol. The van der Waals surface area contributed by atoms with Gasteiger partial charge in [0.05, 0.1) is 5.56 Å². The average Bonchev–Trinajstić information content (AvgIpc) is 3.13. The summed E-state index contributed by atoms with van der Waals surface area (Å²) in [4.78, 5) is 36.2. The lowest BCUT2D eigenvalue weighted by atomic mass is 9.98. The van der Waals surface area contributed by atoms with Crippen molar-refractivity contribution in [3.8, 4) is 0 Å². The summed E-state index contributed by atoms with van der Waals surface area (Å²) in [5.74, 6) is 1.87. The number of aryl methyl sites for hydroxylation is 1. The Morgan fingerprint density at radius 3 is 2.71 bits per heavy atom. The molecule has 2 amide bonds. The van der Waals surface area contributed by atoms with Gasteiger partial charge >= 0.3 is 0 Å². The van der Waals surface area contributed by atoms with Crippen LogP contribution in [0.4, 0.5) is 11.5 Å². The fraction of sp³-hybridized carbons (Fsp3) is 0.480. The second-order valence-electron chi connectivity index (χ2n) is 9.10. The van der Waals surface area contributed by atoms with E-state index in [0.717, 1.165) is 80.1 Å². The molecule has 31 heavy (non-hydrogen) atoms. The molecule has 1 fully saturated rings. The van der Waals surface area contributed by atoms with Crippen molar-refractivity contribution in [2.24, 2.45) is 5.92 Å². The van der Waals surface area contributed by atoms with Gasteiger partial charge in [-0.15, -0.1) is 0 Å². The van der Waals surface area contributed by atoms with Crippen LogP contribution in [0.3, 0.4) is 0 Å². The van der Waals surface area contributed by atoms with Crippen LogP contribution in [0, 0.1) is 5.92 Å². The first-order chi connectivity index (χ1) is 15.0. The molecule has 3 aliphatic heterocycles. The summed E-state index contributed by atoms with van der Waals surface area (Å²) in [5, 5.41) is 0. The third-order valence-corrected chi connectivity index (χ3v) is 7.01. The molecule has 6 nitrogen and oxygen atoms in total. The number of nitrogens with zero attached hydrogens (tertiary/aromatic N) is 4. The monoisotopic (exact) mass is 418 g/mol. The lowest BCUT2D eigenvalue weighted by molar-refractivity contribution is 0.0696. The smallest absolute Gasteiger partial charge is 0.255 e. The van der Waals surface area contributed by atoms with Crippen LogP contribution in [0.15, 0.2) is 30.5 Å². The predicted octanol–water partition coefficient (Wildman–Crippen LogP) is 4.01. The molecule has 5 rings (SSSR count). The first kappa shape index (κ1) is 20.0. The molecule has 0 bridgehead atoms. The van der Waals surface area contributed by atoms with Gasteiger partial charge < -0.3 is 14.7 Å². The Balaban J connectivity index is 1.40. The van der Waals surface area contributed by atoms with Crippen LogP contribution in [0.1, 0.15) is 65.0 Å². The highest BCUT2D eigenvalue weighted by Gasteiger charge is 2.29. The first-order valence-electron chi connectivity index (χ1n) is 11.5. The number of anilines is 2. The Labute approximate surface area is 183 Å². The maximum Gasteiger partial charge on any atom is 0.255 e. The first-order valence-corrected chi connectivity index (χ1v) is 11.5. The molecule has 6 heteroatoms. The number of pyridine rings is 1. The van der Waals surface area contributed by atoms with Crippen molar-refractivity contribution >= 4 is 23.3 Å². The lowest BCUT2D eigenvalue weighted by Gasteiger charge is -2.32. The maximum atomic E-state index is 13.0. The summed E-state index contributed by atoms with van der Waals surface area (Å²) in [5.41, 5.74) is 4.81. The van der Waals surface area contributed by atoms with E-state index in [1.807, 2.05) is 34.9 Å². The zero-order valence-corrected chi connectivity index (χ0v) is 18.4. The second kappa shape index (κ2) is 7.98. The van der Waals surface area contributed by atoms with Gasteiger partial charge in [-0.2, -0.15) is 0 Å². The van der Waals surface area contributed by atoms with Crippen LogP contribution in [-0.2, 0) is 13.0 Å². The number of rotatable bonds is 3. The molecule has 0 atom stereocenters. The SMILES string of the molecule is CCN1Cc2cc(N3CCCc4cc(C(=O)N5CCC(C)CC5)cnc43)ccc2C1=O. The standard InChI is InChI=1S/C25H30N4O2/c1-3-27-16-20-14-21(6-7-22(20)25(27)31)29-10-4-5-18-13-19(15-26-23(18)29)24(30)28-11-8-17(2)9-12-28/h6-7,13-15,17H,3-5,8-12,16H2,1-2H3. The molecule has 3 aliphatic rings. The number of fused-ring (bicyclic) bond motifs is 2. The molecule has 0 N–H and O–H groups in total. The molecule has 1 aromatic heterocycles. The van der Waals surface area contributed by atoms with E-state index in [0.29, 0.717) is 18.0 Å². The van der Waals surface area contributed by atoms with Crippen LogP contribution in [0.25, 0.3) is 0 Å². The zero-order valence-electron chi connectivity index (χ0n) is 18.4. The average molecular weight is 419 g/mol. The van der Waals surface area contributed by atoms with Crippen molar-refractivity contribution < 1.29 is 9.59 Å². The minimum atomic E-state index is 0.107. The Bertz CT molecular complexity index is 1030. The number of carbonyl (C=O) groups is 2. The van der Waals surface area contributed by atoms with E-state index in [2.05, 4.69) is 17.9 Å². The largest absolute Gasteiger partial charge is 0.339 e. The highest BCUT2D eigenvalue weighted by Crippen LogP contribution is 2.35. The summed E-state index contributed by atoms with van der Waals surface area (Å²) >= 11 is 0. The summed E-state index contributed by atoms with van der Waals surface area (Å²) < 4.78 is 0. The van der Waals surface area contributed by atoms with Gasteiger partial charge in [-0.25, -0.2) is 4.98 Å². The van der Waals surface area contributed by atoms with E-state index in [-0.39, 0.29) is 11.8 Å². The van der Waals surface area contributed by atoms with E-state index in [4.69, 9.17) is 4.98 Å². The van der Waals surface area contributed by atoms with E-state index >= 15 is 0 Å². The molecular formula is C25H30N4O2. The second-order valence-corrected chi connectivity index (χ2v) is 9.10. The van der Waals surface area contributed by atoms with Crippen molar-refractivity contribution in [3.05, 3.63) is 52.7 Å². The molecule has 1 aromatic carbocycles. The molecule has 0 saturated carbocycles. The summed E-state index contributed by atoms with van der Waals surface area (Å²) in [6.45, 7) is 8.24. The van der Waals surface area contributed by atoms with Crippen LogP contribution in [0.5, 0.6) is 0 Å². The Morgan fingerprint density at radius 2 is 1.94 bits per heavy atom. The minimum Gasteiger partial charge on any atom is -0.339 e. The van der Waals surface area contributed by atoms with Gasteiger partial charge in [0.2, 0.25) is 0 Å². The number of amides is 2. The summed E-state index contributed by atoms with van der Waals surface area (Å²) in [6, 6.07) is 8.16. The van der Waals surface area contributed by atoms with E-state index < -0.39 is 0 Å². The van der Waals surface area contributed by atoms with E-state index in [1.165, 1.54) is 0 Å². The van der Waals surface area contributed by atoms with Gasteiger partial charge in [0, 0.05) is 50.2 Å². The molecular weight excluding hydrogens is 388 g/mol. The maximum absolute atomic E-state index is 13.0. The molecule has 1 saturated heterocycles. The zero-order chi connectivity index (χ0) is 21.5. The molecule has 0 spiro atoms. The Morgan fingerprint density at radius 1 is 1.13 bits per heavy atom. The Kier molecular flexibility index (Phi) is 5.16. The van der Waals surface area contributed by atoms with Crippen molar-refractivity contribution in [2.45, 2.75) is 46.1 Å². The quantitative estimate of drug-likeness (QED) is 0.756. The van der Waals surface area contributed by atoms with Crippen LogP contribution < -0.4 is 4.90 Å². The highest BCUT2D eigenvalue weighted by atomic mass is 16.2. The summed E-state index contributed by atoms with van der Waals surface area (Å²) in [7, 11) is 0. The molecule has 162 valence electrons. The normalized spacial score (nSPS) is 18.9. The number of likely N-dealkylation sites (tertiary alicyclic amines) is 1. The van der Waals surface area contributed by atoms with Crippen LogP contribution >= 0.6 is 0 Å². The molecule has 4 heterocycles. The van der Waals surface area contributed by atoms with Crippen molar-refractivity contribution in [1.82, 2.24) is 14.8 Å². The number of benzene rings is 1. The number of piperidine rings is 1. The third kappa shape index (κ3) is 3.58. The topological polar surface area (TPSA) is 56.8 Å². The van der Waals surface area contributed by atoms with Crippen molar-refractivity contribution in [2.75, 3.05) is 31.1 Å². The molecule has 0 unspecified atom stereocenters. The third-order valence-electron chi connectivity index (χ3n) is 7.01. The van der Waals surface area contributed by atoms with Crippen molar-refractivity contribution in [1.29, 1.82) is 0 Å². The molecule has 0 radical (unpaired) electrons. The van der Waals surface area contributed by atoms with Gasteiger partial charge in [-0.05, 0) is 73.9 Å². The fourth-order valence-electron chi connectivity index (χ4n) is 5.02. The van der Waals surface area contributed by atoms with Gasteiger partial charge in [0.15, 0.2) is 0 Å². The van der Waals surface area contributed by atoms with Gasteiger partial charge in [-0.1, -0.05) is 6.92 Å². The Hall–Kier alpha value is -2.89. The van der Waals surface area contributed by atoms with Gasteiger partial charge in [0.1, 0.15) is 5.82 Å². The highest BCUT2D eigenvalue weighted by molar-refractivity contribution is 5.99. The summed E-state index contributed by atoms with van der Waals surface area (Å²) in [6.07, 6.45) is 5.85. The number of hydrogen-bond acceptors (Lipinski definition) is 4. The van der Waals surface area contributed by atoms with Crippen LogP contribution in [0.2, 0.25) is 0 Å². The van der Waals surface area contributed by atoms with E-state index in [1.54, 1.807) is 6.20 Å². The molecule has 2 aromatic rings.